The maximum absolute atomic E-state index is 6.17. The molecule has 0 bridgehead atoms. The summed E-state index contributed by atoms with van der Waals surface area (Å²) in [5.74, 6) is 0. The van der Waals surface area contributed by atoms with Gasteiger partial charge < -0.3 is 10.5 Å². The quantitative estimate of drug-likeness (QED) is 0.821. The van der Waals surface area contributed by atoms with Crippen LogP contribution >= 0.6 is 0 Å². The van der Waals surface area contributed by atoms with Crippen LogP contribution in [0.5, 0.6) is 0 Å². The number of likely N-dealkylation sites (N-methyl/N-ethyl adjacent to an activating group) is 1. The normalized spacial score (nSPS) is 25.3. The molecule has 0 atom stereocenters. The maximum Gasteiger partial charge on any atom is 0.0589 e. The van der Waals surface area contributed by atoms with Crippen LogP contribution in [0, 0.1) is 10.8 Å². The highest BCUT2D eigenvalue weighted by Crippen LogP contribution is 2.51. The molecule has 0 spiro atoms. The lowest BCUT2D eigenvalue weighted by Crippen LogP contribution is -2.60. The summed E-state index contributed by atoms with van der Waals surface area (Å²) in [6.07, 6.45) is 3.64. The number of ether oxygens (including phenoxy) is 1. The average molecular weight is 256 g/mol. The van der Waals surface area contributed by atoms with Crippen molar-refractivity contribution in [1.29, 1.82) is 0 Å². The molecule has 108 valence electrons. The van der Waals surface area contributed by atoms with E-state index in [2.05, 4.69) is 39.6 Å². The smallest absolute Gasteiger partial charge is 0.0589 e. The van der Waals surface area contributed by atoms with Crippen molar-refractivity contribution in [1.82, 2.24) is 4.90 Å². The lowest BCUT2D eigenvalue weighted by Gasteiger charge is -2.55. The lowest BCUT2D eigenvalue weighted by atomic mass is 9.58. The van der Waals surface area contributed by atoms with Gasteiger partial charge in [-0.25, -0.2) is 0 Å². The Morgan fingerprint density at radius 3 is 1.94 bits per heavy atom. The van der Waals surface area contributed by atoms with E-state index in [-0.39, 0.29) is 5.54 Å². The second-order valence-electron chi connectivity index (χ2n) is 7.70. The number of rotatable bonds is 5. The van der Waals surface area contributed by atoms with Crippen molar-refractivity contribution in [3.05, 3.63) is 0 Å². The van der Waals surface area contributed by atoms with Crippen LogP contribution in [0.25, 0.3) is 0 Å². The van der Waals surface area contributed by atoms with Crippen molar-refractivity contribution in [2.75, 3.05) is 33.9 Å². The van der Waals surface area contributed by atoms with Crippen LogP contribution in [0.3, 0.4) is 0 Å². The van der Waals surface area contributed by atoms with Crippen LogP contribution < -0.4 is 5.73 Å². The Balaban J connectivity index is 2.91. The summed E-state index contributed by atoms with van der Waals surface area (Å²) < 4.78 is 5.21. The number of methoxy groups -OCH3 is 1. The number of nitrogens with zero attached hydrogens (tertiary/aromatic N) is 1. The lowest BCUT2D eigenvalue weighted by molar-refractivity contribution is -0.0388. The fourth-order valence-corrected chi connectivity index (χ4v) is 4.30. The molecule has 1 aliphatic rings. The number of hydrogen-bond donors (Lipinski definition) is 1. The van der Waals surface area contributed by atoms with Gasteiger partial charge in [-0.15, -0.1) is 0 Å². The van der Waals surface area contributed by atoms with E-state index < -0.39 is 0 Å². The van der Waals surface area contributed by atoms with Crippen LogP contribution in [0.4, 0.5) is 0 Å². The largest absolute Gasteiger partial charge is 0.383 e. The van der Waals surface area contributed by atoms with Gasteiger partial charge in [-0.05, 0) is 37.1 Å². The van der Waals surface area contributed by atoms with Gasteiger partial charge in [0.05, 0.1) is 6.61 Å². The molecule has 0 aliphatic heterocycles. The molecule has 2 N–H and O–H groups in total. The number of hydrogen-bond acceptors (Lipinski definition) is 3. The SMILES string of the molecule is COCCN(C)C1(CN)CC(C)(C)CC(C)(C)C1. The second-order valence-corrected chi connectivity index (χ2v) is 7.70. The maximum atomic E-state index is 6.17. The summed E-state index contributed by atoms with van der Waals surface area (Å²) in [6.45, 7) is 12.0. The zero-order valence-corrected chi connectivity index (χ0v) is 13.2. The first-order valence-electron chi connectivity index (χ1n) is 7.07. The summed E-state index contributed by atoms with van der Waals surface area (Å²) in [4.78, 5) is 2.43. The summed E-state index contributed by atoms with van der Waals surface area (Å²) in [5.41, 5.74) is 7.03. The van der Waals surface area contributed by atoms with Gasteiger partial charge in [0, 0.05) is 25.7 Å². The third kappa shape index (κ3) is 3.69. The summed E-state index contributed by atoms with van der Waals surface area (Å²) in [6, 6.07) is 0. The average Bonchev–Trinajstić information content (AvgIpc) is 2.21. The summed E-state index contributed by atoms with van der Waals surface area (Å²) >= 11 is 0. The second kappa shape index (κ2) is 5.48. The fraction of sp³-hybridized carbons (Fsp3) is 1.00. The molecule has 0 amide bonds. The van der Waals surface area contributed by atoms with Crippen molar-refractivity contribution < 1.29 is 4.74 Å². The molecule has 1 aliphatic carbocycles. The van der Waals surface area contributed by atoms with E-state index in [4.69, 9.17) is 10.5 Å². The monoisotopic (exact) mass is 256 g/mol. The van der Waals surface area contributed by atoms with Crippen molar-refractivity contribution in [3.8, 4) is 0 Å². The van der Waals surface area contributed by atoms with Crippen molar-refractivity contribution in [2.45, 2.75) is 52.5 Å². The Hall–Kier alpha value is -0.120. The summed E-state index contributed by atoms with van der Waals surface area (Å²) in [7, 11) is 3.96. The summed E-state index contributed by atoms with van der Waals surface area (Å²) in [5, 5.41) is 0. The fourth-order valence-electron chi connectivity index (χ4n) is 4.30. The molecular formula is C15H32N2O. The molecule has 1 saturated carbocycles. The van der Waals surface area contributed by atoms with Crippen LogP contribution in [0.2, 0.25) is 0 Å². The van der Waals surface area contributed by atoms with Gasteiger partial charge in [0.15, 0.2) is 0 Å². The minimum atomic E-state index is 0.129. The van der Waals surface area contributed by atoms with Crippen LogP contribution in [-0.4, -0.2) is 44.3 Å². The Labute approximate surface area is 113 Å². The third-order valence-corrected chi connectivity index (χ3v) is 4.39. The highest BCUT2D eigenvalue weighted by atomic mass is 16.5. The Kier molecular flexibility index (Phi) is 4.85. The molecule has 3 nitrogen and oxygen atoms in total. The molecule has 0 aromatic rings. The van der Waals surface area contributed by atoms with Gasteiger partial charge in [0.1, 0.15) is 0 Å². The molecule has 3 heteroatoms. The van der Waals surface area contributed by atoms with Gasteiger partial charge in [0.2, 0.25) is 0 Å². The Bertz CT molecular complexity index is 258. The number of nitrogens with two attached hydrogens (primary N) is 1. The van der Waals surface area contributed by atoms with E-state index in [0.29, 0.717) is 10.8 Å². The Morgan fingerprint density at radius 2 is 1.56 bits per heavy atom. The highest BCUT2D eigenvalue weighted by Gasteiger charge is 2.48. The minimum absolute atomic E-state index is 0.129. The highest BCUT2D eigenvalue weighted by molar-refractivity contribution is 5.03. The molecular weight excluding hydrogens is 224 g/mol. The van der Waals surface area contributed by atoms with Crippen molar-refractivity contribution >= 4 is 0 Å². The third-order valence-electron chi connectivity index (χ3n) is 4.39. The molecule has 1 rings (SSSR count). The van der Waals surface area contributed by atoms with Crippen molar-refractivity contribution in [2.24, 2.45) is 16.6 Å². The van der Waals surface area contributed by atoms with E-state index >= 15 is 0 Å². The van der Waals surface area contributed by atoms with E-state index in [1.54, 1.807) is 7.11 Å². The van der Waals surface area contributed by atoms with Gasteiger partial charge in [0.25, 0.3) is 0 Å². The van der Waals surface area contributed by atoms with E-state index in [1.807, 2.05) is 0 Å². The predicted octanol–water partition coefficient (Wildman–Crippen LogP) is 2.50. The zero-order valence-electron chi connectivity index (χ0n) is 13.2. The topological polar surface area (TPSA) is 38.5 Å². The zero-order chi connectivity index (χ0) is 14.0. The van der Waals surface area contributed by atoms with Gasteiger partial charge in [-0.3, -0.25) is 4.90 Å². The van der Waals surface area contributed by atoms with E-state index in [9.17, 15) is 0 Å². The molecule has 0 aromatic carbocycles. The molecule has 1 fully saturated rings. The van der Waals surface area contributed by atoms with Crippen LogP contribution in [-0.2, 0) is 4.74 Å². The predicted molar refractivity (Wildman–Crippen MR) is 77.7 cm³/mol. The van der Waals surface area contributed by atoms with E-state index in [0.717, 1.165) is 19.7 Å². The molecule has 0 saturated heterocycles. The molecule has 0 radical (unpaired) electrons. The van der Waals surface area contributed by atoms with Gasteiger partial charge >= 0.3 is 0 Å². The first kappa shape index (κ1) is 15.9. The van der Waals surface area contributed by atoms with E-state index in [1.165, 1.54) is 19.3 Å². The molecule has 0 unspecified atom stereocenters. The molecule has 0 heterocycles. The van der Waals surface area contributed by atoms with Gasteiger partial charge in [-0.1, -0.05) is 27.7 Å². The first-order chi connectivity index (χ1) is 8.16. The van der Waals surface area contributed by atoms with Crippen LogP contribution in [0.15, 0.2) is 0 Å². The standard InChI is InChI=1S/C15H32N2O/c1-13(2)9-14(3,4)11-15(10-13,12-16)17(5)7-8-18-6/h7-12,16H2,1-6H3. The Morgan fingerprint density at radius 1 is 1.06 bits per heavy atom. The van der Waals surface area contributed by atoms with Crippen LogP contribution in [0.1, 0.15) is 47.0 Å². The van der Waals surface area contributed by atoms with Gasteiger partial charge in [-0.2, -0.15) is 0 Å². The minimum Gasteiger partial charge on any atom is -0.383 e. The van der Waals surface area contributed by atoms with Crippen molar-refractivity contribution in [3.63, 3.8) is 0 Å². The molecule has 18 heavy (non-hydrogen) atoms. The molecule has 0 aromatic heterocycles. The first-order valence-corrected chi connectivity index (χ1v) is 7.07.